The molecule has 0 aromatic carbocycles. The SMILES string of the molecule is CCOC(=O)[C@H](C)Sc1nc(=O)n2cc(C)ccc2n1. The van der Waals surface area contributed by atoms with E-state index in [-0.39, 0.29) is 11.1 Å². The number of rotatable bonds is 4. The summed E-state index contributed by atoms with van der Waals surface area (Å²) in [6, 6.07) is 3.61. The molecule has 2 rings (SSSR count). The minimum Gasteiger partial charge on any atom is -0.465 e. The fourth-order valence-electron chi connectivity index (χ4n) is 1.62. The van der Waals surface area contributed by atoms with E-state index < -0.39 is 10.9 Å². The maximum atomic E-state index is 11.9. The van der Waals surface area contributed by atoms with Crippen molar-refractivity contribution in [3.63, 3.8) is 0 Å². The highest BCUT2D eigenvalue weighted by atomic mass is 32.2. The number of aromatic nitrogens is 3. The minimum atomic E-state index is -0.456. The number of fused-ring (bicyclic) bond motifs is 1. The van der Waals surface area contributed by atoms with Gasteiger partial charge in [0.25, 0.3) is 0 Å². The topological polar surface area (TPSA) is 73.6 Å². The Hall–Kier alpha value is -1.89. The Bertz CT molecular complexity index is 699. The van der Waals surface area contributed by atoms with Gasteiger partial charge in [0.15, 0.2) is 5.16 Å². The van der Waals surface area contributed by atoms with Gasteiger partial charge in [-0.05, 0) is 32.4 Å². The van der Waals surface area contributed by atoms with Crippen LogP contribution in [0.3, 0.4) is 0 Å². The van der Waals surface area contributed by atoms with E-state index in [0.717, 1.165) is 17.3 Å². The van der Waals surface area contributed by atoms with Crippen molar-refractivity contribution in [3.05, 3.63) is 34.4 Å². The molecule has 2 aromatic rings. The summed E-state index contributed by atoms with van der Waals surface area (Å²) in [5.41, 5.74) is 1.05. The molecular weight excluding hydrogens is 278 g/mol. The predicted octanol–water partition coefficient (Wildman–Crippen LogP) is 1.44. The van der Waals surface area contributed by atoms with E-state index in [1.165, 1.54) is 4.40 Å². The first-order valence-electron chi connectivity index (χ1n) is 6.21. The Morgan fingerprint density at radius 3 is 2.90 bits per heavy atom. The minimum absolute atomic E-state index is 0.277. The van der Waals surface area contributed by atoms with Gasteiger partial charge in [0.2, 0.25) is 0 Å². The molecule has 0 saturated heterocycles. The van der Waals surface area contributed by atoms with Crippen LogP contribution in [0, 0.1) is 6.92 Å². The van der Waals surface area contributed by atoms with Crippen molar-refractivity contribution in [3.8, 4) is 0 Å². The number of ether oxygens (including phenoxy) is 1. The first kappa shape index (κ1) is 14.5. The molecule has 0 N–H and O–H groups in total. The van der Waals surface area contributed by atoms with Gasteiger partial charge in [-0.2, -0.15) is 4.98 Å². The summed E-state index contributed by atoms with van der Waals surface area (Å²) >= 11 is 1.11. The standard InChI is InChI=1S/C13H15N3O3S/c1-4-19-11(17)9(3)20-12-14-10-6-5-8(2)7-16(10)13(18)15-12/h5-7,9H,4H2,1-3H3/t9-/m0/s1. The van der Waals surface area contributed by atoms with Crippen LogP contribution in [-0.2, 0) is 9.53 Å². The second-order valence-corrected chi connectivity index (χ2v) is 5.54. The Morgan fingerprint density at radius 1 is 1.45 bits per heavy atom. The van der Waals surface area contributed by atoms with Crippen LogP contribution in [0.15, 0.2) is 28.3 Å². The zero-order chi connectivity index (χ0) is 14.7. The van der Waals surface area contributed by atoms with Gasteiger partial charge in [0.1, 0.15) is 10.9 Å². The van der Waals surface area contributed by atoms with Crippen LogP contribution < -0.4 is 5.69 Å². The van der Waals surface area contributed by atoms with Gasteiger partial charge < -0.3 is 4.74 Å². The van der Waals surface area contributed by atoms with Crippen molar-refractivity contribution in [2.45, 2.75) is 31.2 Å². The van der Waals surface area contributed by atoms with Gasteiger partial charge in [-0.1, -0.05) is 17.8 Å². The molecule has 1 atom stereocenters. The second-order valence-electron chi connectivity index (χ2n) is 4.24. The lowest BCUT2D eigenvalue weighted by atomic mass is 10.3. The molecule has 2 aromatic heterocycles. The van der Waals surface area contributed by atoms with Crippen LogP contribution in [-0.4, -0.2) is 32.2 Å². The van der Waals surface area contributed by atoms with Crippen LogP contribution in [0.4, 0.5) is 0 Å². The molecule has 0 spiro atoms. The van der Waals surface area contributed by atoms with E-state index in [2.05, 4.69) is 9.97 Å². The molecule has 20 heavy (non-hydrogen) atoms. The third-order valence-electron chi connectivity index (χ3n) is 2.58. The van der Waals surface area contributed by atoms with E-state index in [9.17, 15) is 9.59 Å². The van der Waals surface area contributed by atoms with Crippen LogP contribution >= 0.6 is 11.8 Å². The van der Waals surface area contributed by atoms with E-state index in [1.54, 1.807) is 26.1 Å². The van der Waals surface area contributed by atoms with Gasteiger partial charge in [-0.15, -0.1) is 0 Å². The highest BCUT2D eigenvalue weighted by molar-refractivity contribution is 8.00. The van der Waals surface area contributed by atoms with Gasteiger partial charge in [-0.3, -0.25) is 9.20 Å². The molecule has 0 amide bonds. The quantitative estimate of drug-likeness (QED) is 0.627. The van der Waals surface area contributed by atoms with Crippen molar-refractivity contribution in [1.82, 2.24) is 14.4 Å². The Morgan fingerprint density at radius 2 is 2.20 bits per heavy atom. The maximum Gasteiger partial charge on any atom is 0.355 e. The molecule has 0 bridgehead atoms. The largest absolute Gasteiger partial charge is 0.465 e. The Kier molecular flexibility index (Phi) is 4.39. The summed E-state index contributed by atoms with van der Waals surface area (Å²) in [4.78, 5) is 31.6. The molecule has 0 fully saturated rings. The first-order valence-corrected chi connectivity index (χ1v) is 7.09. The lowest BCUT2D eigenvalue weighted by Gasteiger charge is -2.09. The van der Waals surface area contributed by atoms with Crippen molar-refractivity contribution in [2.75, 3.05) is 6.61 Å². The van der Waals surface area contributed by atoms with Crippen molar-refractivity contribution < 1.29 is 9.53 Å². The molecular formula is C13H15N3O3S. The molecule has 106 valence electrons. The number of thioether (sulfide) groups is 1. The number of nitrogens with zero attached hydrogens (tertiary/aromatic N) is 3. The third-order valence-corrected chi connectivity index (χ3v) is 3.52. The molecule has 6 nitrogen and oxygen atoms in total. The number of carbonyl (C=O) groups is 1. The summed E-state index contributed by atoms with van der Waals surface area (Å²) in [6.07, 6.45) is 1.68. The molecule has 0 radical (unpaired) electrons. The van der Waals surface area contributed by atoms with Gasteiger partial charge >= 0.3 is 11.7 Å². The summed E-state index contributed by atoms with van der Waals surface area (Å²) in [5, 5.41) is -0.179. The van der Waals surface area contributed by atoms with Crippen molar-refractivity contribution in [1.29, 1.82) is 0 Å². The molecule has 0 aliphatic rings. The first-order chi connectivity index (χ1) is 9.51. The van der Waals surface area contributed by atoms with Crippen LogP contribution in [0.5, 0.6) is 0 Å². The summed E-state index contributed by atoms with van der Waals surface area (Å²) in [5.74, 6) is -0.342. The molecule has 0 saturated carbocycles. The Labute approximate surface area is 120 Å². The van der Waals surface area contributed by atoms with Gasteiger partial charge in [0.05, 0.1) is 6.61 Å². The number of hydrogen-bond donors (Lipinski definition) is 0. The lowest BCUT2D eigenvalue weighted by Crippen LogP contribution is -2.21. The highest BCUT2D eigenvalue weighted by Crippen LogP contribution is 2.19. The molecule has 7 heteroatoms. The number of aryl methyl sites for hydroxylation is 1. The molecule has 2 heterocycles. The van der Waals surface area contributed by atoms with E-state index in [1.807, 2.05) is 13.0 Å². The van der Waals surface area contributed by atoms with E-state index in [0.29, 0.717) is 12.3 Å². The third kappa shape index (κ3) is 3.16. The van der Waals surface area contributed by atoms with Gasteiger partial charge in [-0.25, -0.2) is 9.78 Å². The monoisotopic (exact) mass is 293 g/mol. The van der Waals surface area contributed by atoms with Crippen molar-refractivity contribution >= 4 is 23.4 Å². The Balaban J connectivity index is 2.30. The predicted molar refractivity (Wildman–Crippen MR) is 75.9 cm³/mol. The normalized spacial score (nSPS) is 12.3. The highest BCUT2D eigenvalue weighted by Gasteiger charge is 2.17. The molecule has 0 aliphatic carbocycles. The zero-order valence-corrected chi connectivity index (χ0v) is 12.3. The average molecular weight is 293 g/mol. The number of hydrogen-bond acceptors (Lipinski definition) is 6. The number of esters is 1. The smallest absolute Gasteiger partial charge is 0.355 e. The second kappa shape index (κ2) is 6.04. The maximum absolute atomic E-state index is 11.9. The lowest BCUT2D eigenvalue weighted by molar-refractivity contribution is -0.142. The fraction of sp³-hybridized carbons (Fsp3) is 0.385. The van der Waals surface area contributed by atoms with Crippen LogP contribution in [0.2, 0.25) is 0 Å². The van der Waals surface area contributed by atoms with Crippen molar-refractivity contribution in [2.24, 2.45) is 0 Å². The average Bonchev–Trinajstić information content (AvgIpc) is 2.40. The van der Waals surface area contributed by atoms with E-state index >= 15 is 0 Å². The summed E-state index contributed by atoms with van der Waals surface area (Å²) in [6.45, 7) is 5.65. The number of carbonyl (C=O) groups excluding carboxylic acids is 1. The summed E-state index contributed by atoms with van der Waals surface area (Å²) < 4.78 is 6.29. The zero-order valence-electron chi connectivity index (χ0n) is 11.5. The van der Waals surface area contributed by atoms with E-state index in [4.69, 9.17) is 4.74 Å². The fourth-order valence-corrected chi connectivity index (χ4v) is 2.38. The number of pyridine rings is 1. The molecule has 0 unspecified atom stereocenters. The van der Waals surface area contributed by atoms with Crippen LogP contribution in [0.25, 0.3) is 5.65 Å². The summed E-state index contributed by atoms with van der Waals surface area (Å²) in [7, 11) is 0. The molecule has 0 aliphatic heterocycles. The van der Waals surface area contributed by atoms with Gasteiger partial charge in [0, 0.05) is 6.20 Å². The van der Waals surface area contributed by atoms with Crippen LogP contribution in [0.1, 0.15) is 19.4 Å².